The van der Waals surface area contributed by atoms with Crippen molar-refractivity contribution >= 4 is 29.9 Å². The summed E-state index contributed by atoms with van der Waals surface area (Å²) in [4.78, 5) is 4.45. The SMILES string of the molecule is CCCC(CCO)CNC(=NCc1ccccc1OCC(F)(F)F)NCC.I. The van der Waals surface area contributed by atoms with Crippen molar-refractivity contribution in [3.8, 4) is 5.75 Å². The van der Waals surface area contributed by atoms with Crippen molar-refractivity contribution < 1.29 is 23.0 Å². The standard InChI is InChI=1S/C19H30F3N3O2.HI/c1-3-7-15(10-11-26)12-24-18(23-4-2)25-13-16-8-5-6-9-17(16)27-14-19(20,21)22;/h5-6,8-9,15,26H,3-4,7,10-14H2,1-2H3,(H2,23,24,25);1H. The second kappa shape index (κ2) is 14.7. The van der Waals surface area contributed by atoms with Gasteiger partial charge in [0, 0.05) is 25.3 Å². The van der Waals surface area contributed by atoms with Crippen molar-refractivity contribution in [2.45, 2.75) is 45.8 Å². The highest BCUT2D eigenvalue weighted by Crippen LogP contribution is 2.22. The predicted octanol–water partition coefficient (Wildman–Crippen LogP) is 4.10. The molecule has 0 aliphatic heterocycles. The van der Waals surface area contributed by atoms with Gasteiger partial charge in [-0.2, -0.15) is 13.2 Å². The quantitative estimate of drug-likeness (QED) is 0.235. The number of aliphatic hydroxyl groups is 1. The number of hydrogen-bond acceptors (Lipinski definition) is 3. The number of rotatable bonds is 11. The van der Waals surface area contributed by atoms with Crippen molar-refractivity contribution in [3.05, 3.63) is 29.8 Å². The molecule has 1 aromatic rings. The van der Waals surface area contributed by atoms with E-state index in [2.05, 4.69) is 22.5 Å². The van der Waals surface area contributed by atoms with E-state index in [4.69, 9.17) is 9.84 Å². The number of aliphatic hydroxyl groups excluding tert-OH is 1. The molecule has 0 aromatic heterocycles. The highest BCUT2D eigenvalue weighted by molar-refractivity contribution is 14.0. The van der Waals surface area contributed by atoms with Gasteiger partial charge in [0.1, 0.15) is 5.75 Å². The molecule has 0 bridgehead atoms. The number of nitrogens with zero attached hydrogens (tertiary/aromatic N) is 1. The van der Waals surface area contributed by atoms with Crippen LogP contribution in [-0.4, -0.2) is 43.5 Å². The third kappa shape index (κ3) is 11.6. The monoisotopic (exact) mass is 517 g/mol. The second-order valence-corrected chi connectivity index (χ2v) is 6.25. The summed E-state index contributed by atoms with van der Waals surface area (Å²) in [5, 5.41) is 15.5. The minimum atomic E-state index is -4.38. The van der Waals surface area contributed by atoms with E-state index in [1.165, 1.54) is 6.07 Å². The van der Waals surface area contributed by atoms with E-state index >= 15 is 0 Å². The van der Waals surface area contributed by atoms with Crippen LogP contribution < -0.4 is 15.4 Å². The third-order valence-electron chi connectivity index (χ3n) is 3.91. The number of hydrogen-bond donors (Lipinski definition) is 3. The van der Waals surface area contributed by atoms with E-state index in [1.54, 1.807) is 18.2 Å². The smallest absolute Gasteiger partial charge is 0.422 e. The minimum absolute atomic E-state index is 0. The Morgan fingerprint density at radius 1 is 1.18 bits per heavy atom. The molecule has 1 rings (SSSR count). The van der Waals surface area contributed by atoms with E-state index in [0.29, 0.717) is 37.0 Å². The molecule has 0 fully saturated rings. The Labute approximate surface area is 182 Å². The molecule has 0 aliphatic carbocycles. The molecule has 5 nitrogen and oxygen atoms in total. The molecule has 0 heterocycles. The molecule has 3 N–H and O–H groups in total. The molecule has 0 aliphatic rings. The molecule has 0 spiro atoms. The molecule has 28 heavy (non-hydrogen) atoms. The molecule has 9 heteroatoms. The number of ether oxygens (including phenoxy) is 1. The molecular formula is C19H31F3IN3O2. The molecule has 0 saturated carbocycles. The van der Waals surface area contributed by atoms with Gasteiger partial charge in [0.15, 0.2) is 12.6 Å². The first kappa shape index (κ1) is 26.8. The highest BCUT2D eigenvalue weighted by atomic mass is 127. The van der Waals surface area contributed by atoms with Gasteiger partial charge in [0.05, 0.1) is 6.54 Å². The van der Waals surface area contributed by atoms with Gasteiger partial charge in [-0.3, -0.25) is 0 Å². The zero-order valence-electron chi connectivity index (χ0n) is 16.4. The number of nitrogens with one attached hydrogen (secondary N) is 2. The lowest BCUT2D eigenvalue weighted by Crippen LogP contribution is -2.40. The van der Waals surface area contributed by atoms with E-state index in [-0.39, 0.29) is 42.9 Å². The van der Waals surface area contributed by atoms with Crippen LogP contribution in [0.5, 0.6) is 5.75 Å². The number of para-hydroxylation sites is 1. The fourth-order valence-electron chi connectivity index (χ4n) is 2.62. The first-order valence-electron chi connectivity index (χ1n) is 9.30. The van der Waals surface area contributed by atoms with Crippen LogP contribution in [0.15, 0.2) is 29.3 Å². The first-order valence-corrected chi connectivity index (χ1v) is 9.30. The molecule has 0 saturated heterocycles. The second-order valence-electron chi connectivity index (χ2n) is 6.25. The summed E-state index contributed by atoms with van der Waals surface area (Å²) in [6.07, 6.45) is -1.63. The minimum Gasteiger partial charge on any atom is -0.484 e. The van der Waals surface area contributed by atoms with Crippen LogP contribution in [-0.2, 0) is 6.54 Å². The van der Waals surface area contributed by atoms with Gasteiger partial charge in [-0.25, -0.2) is 4.99 Å². The van der Waals surface area contributed by atoms with Crippen LogP contribution in [0, 0.1) is 5.92 Å². The maximum atomic E-state index is 12.4. The van der Waals surface area contributed by atoms with Gasteiger partial charge in [-0.15, -0.1) is 24.0 Å². The van der Waals surface area contributed by atoms with E-state index in [1.807, 2.05) is 6.92 Å². The Morgan fingerprint density at radius 3 is 2.50 bits per heavy atom. The summed E-state index contributed by atoms with van der Waals surface area (Å²) in [7, 11) is 0. The predicted molar refractivity (Wildman–Crippen MR) is 116 cm³/mol. The topological polar surface area (TPSA) is 65.9 Å². The average Bonchev–Trinajstić information content (AvgIpc) is 2.62. The lowest BCUT2D eigenvalue weighted by atomic mass is 10.0. The zero-order valence-corrected chi connectivity index (χ0v) is 18.7. The number of alkyl halides is 3. The Kier molecular flexibility index (Phi) is 14.1. The van der Waals surface area contributed by atoms with Gasteiger partial charge in [0.2, 0.25) is 0 Å². The average molecular weight is 517 g/mol. The molecule has 1 aromatic carbocycles. The van der Waals surface area contributed by atoms with Crippen molar-refractivity contribution in [2.24, 2.45) is 10.9 Å². The number of halogens is 4. The van der Waals surface area contributed by atoms with E-state index in [9.17, 15) is 13.2 Å². The van der Waals surface area contributed by atoms with Crippen molar-refractivity contribution in [1.29, 1.82) is 0 Å². The normalized spacial score (nSPS) is 12.9. The fourth-order valence-corrected chi connectivity index (χ4v) is 2.62. The lowest BCUT2D eigenvalue weighted by molar-refractivity contribution is -0.153. The van der Waals surface area contributed by atoms with Gasteiger partial charge < -0.3 is 20.5 Å². The fraction of sp³-hybridized carbons (Fsp3) is 0.632. The third-order valence-corrected chi connectivity index (χ3v) is 3.91. The summed E-state index contributed by atoms with van der Waals surface area (Å²) in [6.45, 7) is 4.39. The van der Waals surface area contributed by atoms with Crippen molar-refractivity contribution in [1.82, 2.24) is 10.6 Å². The number of guanidine groups is 1. The lowest BCUT2D eigenvalue weighted by Gasteiger charge is -2.18. The van der Waals surface area contributed by atoms with Crippen LogP contribution in [0.3, 0.4) is 0 Å². The summed E-state index contributed by atoms with van der Waals surface area (Å²) in [6, 6.07) is 6.58. The zero-order chi connectivity index (χ0) is 20.1. The largest absolute Gasteiger partial charge is 0.484 e. The summed E-state index contributed by atoms with van der Waals surface area (Å²) in [5.41, 5.74) is 0.583. The van der Waals surface area contributed by atoms with Crippen LogP contribution in [0.2, 0.25) is 0 Å². The number of aliphatic imine (C=N–C) groups is 1. The van der Waals surface area contributed by atoms with Crippen LogP contribution in [0.4, 0.5) is 13.2 Å². The van der Waals surface area contributed by atoms with Crippen LogP contribution in [0.1, 0.15) is 38.7 Å². The number of benzene rings is 1. The molecule has 162 valence electrons. The van der Waals surface area contributed by atoms with Crippen LogP contribution >= 0.6 is 24.0 Å². The van der Waals surface area contributed by atoms with Crippen molar-refractivity contribution in [3.63, 3.8) is 0 Å². The van der Waals surface area contributed by atoms with E-state index in [0.717, 1.165) is 12.8 Å². The summed E-state index contributed by atoms with van der Waals surface area (Å²) in [5.74, 6) is 1.10. The molecule has 0 amide bonds. The molecule has 0 radical (unpaired) electrons. The Balaban J connectivity index is 0.00000729. The van der Waals surface area contributed by atoms with E-state index < -0.39 is 12.8 Å². The summed E-state index contributed by atoms with van der Waals surface area (Å²) < 4.78 is 42.1. The molecule has 1 unspecified atom stereocenters. The Hall–Kier alpha value is -1.23. The maximum absolute atomic E-state index is 12.4. The summed E-state index contributed by atoms with van der Waals surface area (Å²) >= 11 is 0. The van der Waals surface area contributed by atoms with Crippen molar-refractivity contribution in [2.75, 3.05) is 26.3 Å². The van der Waals surface area contributed by atoms with Gasteiger partial charge in [-0.05, 0) is 31.7 Å². The first-order chi connectivity index (χ1) is 12.9. The Morgan fingerprint density at radius 2 is 1.89 bits per heavy atom. The van der Waals surface area contributed by atoms with Gasteiger partial charge in [0.25, 0.3) is 0 Å². The molecule has 1 atom stereocenters. The highest BCUT2D eigenvalue weighted by Gasteiger charge is 2.28. The van der Waals surface area contributed by atoms with Crippen LogP contribution in [0.25, 0.3) is 0 Å². The Bertz CT molecular complexity index is 566. The van der Waals surface area contributed by atoms with Gasteiger partial charge >= 0.3 is 6.18 Å². The maximum Gasteiger partial charge on any atom is 0.422 e. The molecular weight excluding hydrogens is 486 g/mol. The van der Waals surface area contributed by atoms with Gasteiger partial charge in [-0.1, -0.05) is 31.5 Å².